The number of ether oxygens (including phenoxy) is 1. The van der Waals surface area contributed by atoms with Crippen molar-refractivity contribution in [2.45, 2.75) is 70.9 Å². The number of halogens is 3. The van der Waals surface area contributed by atoms with Gasteiger partial charge in [0.05, 0.1) is 18.8 Å². The van der Waals surface area contributed by atoms with Gasteiger partial charge in [0.15, 0.2) is 5.82 Å². The number of piperidine rings is 1. The molecule has 13 heteroatoms. The number of rotatable bonds is 3. The molecule has 1 saturated carbocycles. The largest absolute Gasteiger partial charge is 0.451 e. The van der Waals surface area contributed by atoms with Crippen LogP contribution in [0.15, 0.2) is 12.3 Å². The molecule has 2 unspecified atom stereocenters. The molecule has 0 N–H and O–H groups in total. The van der Waals surface area contributed by atoms with Crippen LogP contribution in [0.5, 0.6) is 0 Å². The molecule has 1 saturated heterocycles. The van der Waals surface area contributed by atoms with Gasteiger partial charge in [-0.15, -0.1) is 10.2 Å². The summed E-state index contributed by atoms with van der Waals surface area (Å²) in [5.41, 5.74) is 2.78. The Morgan fingerprint density at radius 1 is 1.08 bits per heavy atom. The fourth-order valence-corrected chi connectivity index (χ4v) is 5.97. The van der Waals surface area contributed by atoms with Gasteiger partial charge in [0.2, 0.25) is 11.7 Å². The van der Waals surface area contributed by atoms with E-state index in [2.05, 4.69) is 20.1 Å². The third-order valence-electron chi connectivity index (χ3n) is 8.52. The van der Waals surface area contributed by atoms with Gasteiger partial charge in [0.1, 0.15) is 5.60 Å². The highest BCUT2D eigenvalue weighted by atomic mass is 19.4. The molecule has 3 aliphatic heterocycles. The lowest BCUT2D eigenvalue weighted by atomic mass is 9.85. The Hall–Kier alpha value is -3.38. The van der Waals surface area contributed by atoms with Gasteiger partial charge in [-0.05, 0) is 44.6 Å². The van der Waals surface area contributed by atoms with Crippen molar-refractivity contribution in [3.8, 4) is 0 Å². The van der Waals surface area contributed by atoms with Gasteiger partial charge in [-0.25, -0.2) is 4.79 Å². The Kier molecular flexibility index (Phi) is 6.22. The highest BCUT2D eigenvalue weighted by molar-refractivity contribution is 5.79. The molecule has 5 heterocycles. The molecule has 2 aromatic rings. The SMILES string of the molecule is CC1CN(c2ccnc3c2CCN(C(=O)OC2(C)CC2)C3)CCC1C(=O)N1CCn2c(nnc2C(F)(F)F)C1. The van der Waals surface area contributed by atoms with E-state index in [1.165, 1.54) is 0 Å². The minimum atomic E-state index is -4.57. The van der Waals surface area contributed by atoms with Crippen LogP contribution < -0.4 is 4.90 Å². The first-order chi connectivity index (χ1) is 18.5. The number of anilines is 1. The Morgan fingerprint density at radius 3 is 2.59 bits per heavy atom. The molecule has 210 valence electrons. The van der Waals surface area contributed by atoms with Gasteiger partial charge >= 0.3 is 12.3 Å². The van der Waals surface area contributed by atoms with Crippen LogP contribution in [-0.4, -0.2) is 73.3 Å². The quantitative estimate of drug-likeness (QED) is 0.582. The third kappa shape index (κ3) is 4.91. The maximum atomic E-state index is 13.4. The van der Waals surface area contributed by atoms with E-state index in [4.69, 9.17) is 4.74 Å². The van der Waals surface area contributed by atoms with E-state index in [1.807, 2.05) is 19.9 Å². The van der Waals surface area contributed by atoms with Gasteiger partial charge in [-0.1, -0.05) is 6.92 Å². The zero-order valence-electron chi connectivity index (χ0n) is 22.1. The van der Waals surface area contributed by atoms with Crippen molar-refractivity contribution < 1.29 is 27.5 Å². The van der Waals surface area contributed by atoms with E-state index < -0.39 is 12.0 Å². The highest BCUT2D eigenvalue weighted by Gasteiger charge is 2.44. The molecule has 0 spiro atoms. The normalized spacial score (nSPS) is 24.2. The number of pyridine rings is 1. The van der Waals surface area contributed by atoms with E-state index in [1.54, 1.807) is 16.0 Å². The summed E-state index contributed by atoms with van der Waals surface area (Å²) in [4.78, 5) is 36.2. The summed E-state index contributed by atoms with van der Waals surface area (Å²) in [6, 6.07) is 2.00. The first-order valence-corrected chi connectivity index (χ1v) is 13.5. The summed E-state index contributed by atoms with van der Waals surface area (Å²) >= 11 is 0. The van der Waals surface area contributed by atoms with Crippen LogP contribution in [0, 0.1) is 11.8 Å². The predicted molar refractivity (Wildman–Crippen MR) is 132 cm³/mol. The van der Waals surface area contributed by atoms with Crippen LogP contribution in [0.25, 0.3) is 0 Å². The van der Waals surface area contributed by atoms with Gasteiger partial charge in [0.25, 0.3) is 0 Å². The molecule has 1 aliphatic carbocycles. The number of hydrogen-bond acceptors (Lipinski definition) is 7. The lowest BCUT2D eigenvalue weighted by Crippen LogP contribution is -2.49. The topological polar surface area (TPSA) is 96.7 Å². The van der Waals surface area contributed by atoms with E-state index in [9.17, 15) is 22.8 Å². The molecule has 0 bridgehead atoms. The highest BCUT2D eigenvalue weighted by Crippen LogP contribution is 2.40. The number of fused-ring (bicyclic) bond motifs is 2. The molecular formula is C26H32F3N7O3. The molecule has 2 amide bonds. The fourth-order valence-electron chi connectivity index (χ4n) is 5.97. The van der Waals surface area contributed by atoms with Crippen LogP contribution >= 0.6 is 0 Å². The van der Waals surface area contributed by atoms with Crippen LogP contribution in [0.3, 0.4) is 0 Å². The summed E-state index contributed by atoms with van der Waals surface area (Å²) in [5, 5.41) is 7.01. The first kappa shape index (κ1) is 25.9. The van der Waals surface area contributed by atoms with Crippen LogP contribution in [-0.2, 0) is 41.8 Å². The number of carbonyl (C=O) groups is 2. The van der Waals surface area contributed by atoms with Crippen molar-refractivity contribution >= 4 is 17.7 Å². The lowest BCUT2D eigenvalue weighted by Gasteiger charge is -2.41. The Balaban J connectivity index is 1.10. The molecular weight excluding hydrogens is 515 g/mol. The van der Waals surface area contributed by atoms with Crippen molar-refractivity contribution in [3.05, 3.63) is 35.2 Å². The van der Waals surface area contributed by atoms with E-state index in [0.29, 0.717) is 39.0 Å². The standard InChI is InChI=1S/C26H32F3N7O3/c1-16-13-33(20-3-8-30-19-14-35(10-5-18(19)20)24(38)39-25(2)6-7-25)9-4-17(16)22(37)34-11-12-36-21(15-34)31-32-23(36)26(27,28)29/h3,8,16-17H,4-7,9-15H2,1-2H3. The van der Waals surface area contributed by atoms with Gasteiger partial charge in [-0.2, -0.15) is 13.2 Å². The molecule has 10 nitrogen and oxygen atoms in total. The first-order valence-electron chi connectivity index (χ1n) is 13.5. The average Bonchev–Trinajstić information content (AvgIpc) is 3.46. The summed E-state index contributed by atoms with van der Waals surface area (Å²) in [7, 11) is 0. The summed E-state index contributed by atoms with van der Waals surface area (Å²) < 4.78 is 46.2. The van der Waals surface area contributed by atoms with Crippen molar-refractivity contribution in [3.63, 3.8) is 0 Å². The Labute approximate surface area is 224 Å². The number of hydrogen-bond donors (Lipinski definition) is 0. The second kappa shape index (κ2) is 9.37. The average molecular weight is 548 g/mol. The second-order valence-corrected chi connectivity index (χ2v) is 11.4. The van der Waals surface area contributed by atoms with Crippen molar-refractivity contribution in [1.29, 1.82) is 0 Å². The Bertz CT molecular complexity index is 1290. The number of alkyl halides is 3. The van der Waals surface area contributed by atoms with Crippen LogP contribution in [0.2, 0.25) is 0 Å². The maximum absolute atomic E-state index is 13.4. The second-order valence-electron chi connectivity index (χ2n) is 11.4. The van der Waals surface area contributed by atoms with E-state index in [0.717, 1.165) is 34.4 Å². The predicted octanol–water partition coefficient (Wildman–Crippen LogP) is 3.24. The molecule has 39 heavy (non-hydrogen) atoms. The monoisotopic (exact) mass is 547 g/mol. The summed E-state index contributed by atoms with van der Waals surface area (Å²) in [5.74, 6) is -1.05. The summed E-state index contributed by atoms with van der Waals surface area (Å²) in [6.45, 7) is 6.62. The maximum Gasteiger partial charge on any atom is 0.451 e. The van der Waals surface area contributed by atoms with Crippen molar-refractivity contribution in [2.24, 2.45) is 11.8 Å². The van der Waals surface area contributed by atoms with Crippen LogP contribution in [0.1, 0.15) is 56.0 Å². The van der Waals surface area contributed by atoms with Crippen LogP contribution in [0.4, 0.5) is 23.7 Å². The van der Waals surface area contributed by atoms with E-state index in [-0.39, 0.29) is 54.9 Å². The minimum Gasteiger partial charge on any atom is -0.443 e. The molecule has 4 aliphatic rings. The van der Waals surface area contributed by atoms with Crippen molar-refractivity contribution in [2.75, 3.05) is 31.1 Å². The van der Waals surface area contributed by atoms with Gasteiger partial charge in [0, 0.05) is 56.1 Å². The molecule has 0 aromatic carbocycles. The molecule has 2 aromatic heterocycles. The Morgan fingerprint density at radius 2 is 1.87 bits per heavy atom. The number of nitrogens with zero attached hydrogens (tertiary/aromatic N) is 7. The zero-order chi connectivity index (χ0) is 27.5. The van der Waals surface area contributed by atoms with E-state index >= 15 is 0 Å². The minimum absolute atomic E-state index is 0.0308. The molecule has 2 atom stereocenters. The number of aromatic nitrogens is 4. The van der Waals surface area contributed by atoms with Crippen molar-refractivity contribution in [1.82, 2.24) is 29.5 Å². The lowest BCUT2D eigenvalue weighted by molar-refractivity contribution is -0.148. The smallest absolute Gasteiger partial charge is 0.443 e. The third-order valence-corrected chi connectivity index (χ3v) is 8.52. The number of carbonyl (C=O) groups excluding carboxylic acids is 2. The molecule has 0 radical (unpaired) electrons. The molecule has 6 rings (SSSR count). The molecule has 2 fully saturated rings. The van der Waals surface area contributed by atoms with Gasteiger partial charge < -0.3 is 24.0 Å². The summed E-state index contributed by atoms with van der Waals surface area (Å²) in [6.07, 6.45) is 0.0534. The van der Waals surface area contributed by atoms with Gasteiger partial charge in [-0.3, -0.25) is 9.78 Å². The fraction of sp³-hybridized carbons (Fsp3) is 0.654. The zero-order valence-corrected chi connectivity index (χ0v) is 22.1. The number of amides is 2.